The zero-order valence-corrected chi connectivity index (χ0v) is 32.5. The van der Waals surface area contributed by atoms with Crippen LogP contribution in [0.5, 0.6) is 0 Å². The van der Waals surface area contributed by atoms with Gasteiger partial charge in [-0.05, 0) is 112 Å². The average Bonchev–Trinajstić information content (AvgIpc) is 3.18. The largest absolute Gasteiger partial charge is 0.453 e. The fraction of sp³-hybridized carbons (Fsp3) is 0.524. The highest BCUT2D eigenvalue weighted by atomic mass is 35.5. The Kier molecular flexibility index (Phi) is 14.6. The quantitative estimate of drug-likeness (QED) is 0.208. The summed E-state index contributed by atoms with van der Waals surface area (Å²) in [7, 11) is 0. The molecule has 0 spiro atoms. The Bertz CT molecular complexity index is 1510. The summed E-state index contributed by atoms with van der Waals surface area (Å²) in [4.78, 5) is 59.8. The van der Waals surface area contributed by atoms with E-state index in [4.69, 9.17) is 32.7 Å². The van der Waals surface area contributed by atoms with Crippen molar-refractivity contribution in [3.63, 3.8) is 0 Å². The topological polar surface area (TPSA) is 99.7 Å². The van der Waals surface area contributed by atoms with Gasteiger partial charge in [-0.15, -0.1) is 0 Å². The van der Waals surface area contributed by atoms with E-state index in [1.54, 1.807) is 0 Å². The van der Waals surface area contributed by atoms with Crippen LogP contribution in [0, 0.1) is 11.8 Å². The van der Waals surface area contributed by atoms with Crippen LogP contribution in [0.15, 0.2) is 60.7 Å². The van der Waals surface area contributed by atoms with Gasteiger partial charge in [0.05, 0.1) is 13.1 Å². The summed E-state index contributed by atoms with van der Waals surface area (Å²) in [6.45, 7) is 5.65. The number of amides is 2. The maximum absolute atomic E-state index is 13.2. The predicted octanol–water partition coefficient (Wildman–Crippen LogP) is 6.21. The van der Waals surface area contributed by atoms with Crippen LogP contribution in [-0.4, -0.2) is 121 Å². The van der Waals surface area contributed by atoms with E-state index in [1.807, 2.05) is 68.1 Å². The number of esters is 2. The molecular weight excluding hydrogens is 727 g/mol. The second kappa shape index (κ2) is 19.8. The number of rotatable bonds is 10. The third-order valence-corrected chi connectivity index (χ3v) is 11.5. The fourth-order valence-electron chi connectivity index (χ4n) is 7.81. The van der Waals surface area contributed by atoms with Gasteiger partial charge in [-0.25, -0.2) is 9.59 Å². The zero-order valence-electron chi connectivity index (χ0n) is 31.0. The molecule has 0 bridgehead atoms. The van der Waals surface area contributed by atoms with Crippen molar-refractivity contribution in [2.75, 3.05) is 65.4 Å². The van der Waals surface area contributed by atoms with Crippen molar-refractivity contribution in [2.24, 2.45) is 11.8 Å². The van der Waals surface area contributed by atoms with Crippen molar-refractivity contribution in [3.05, 3.63) is 81.9 Å². The Morgan fingerprint density at radius 1 is 0.556 bits per heavy atom. The SMILES string of the molecule is O=C(OC1CCCN(CC(=O)N2CCC(C=Cc3ccc(Cl)cc3)CC2)C1)C(=O)OC1CCCN(CC(=O)N2CCC(C=Cc3ccc(Cl)cc3)CC2)C1. The first kappa shape index (κ1) is 40.0. The van der Waals surface area contributed by atoms with E-state index < -0.39 is 24.1 Å². The number of piperidine rings is 4. The van der Waals surface area contributed by atoms with Crippen LogP contribution < -0.4 is 0 Å². The molecule has 2 atom stereocenters. The lowest BCUT2D eigenvalue weighted by atomic mass is 9.95. The van der Waals surface area contributed by atoms with E-state index in [0.29, 0.717) is 63.9 Å². The minimum atomic E-state index is -0.997. The number of nitrogens with zero attached hydrogens (tertiary/aromatic N) is 4. The van der Waals surface area contributed by atoms with E-state index in [2.05, 4.69) is 24.3 Å². The number of likely N-dealkylation sites (tertiary alicyclic amines) is 4. The molecule has 4 heterocycles. The summed E-state index contributed by atoms with van der Waals surface area (Å²) in [5, 5.41) is 1.44. The predicted molar refractivity (Wildman–Crippen MR) is 211 cm³/mol. The molecule has 4 aliphatic heterocycles. The Morgan fingerprint density at radius 3 is 1.30 bits per heavy atom. The van der Waals surface area contributed by atoms with Crippen LogP contribution in [0.25, 0.3) is 12.2 Å². The normalized spacial score (nSPS) is 22.5. The van der Waals surface area contributed by atoms with Crippen molar-refractivity contribution in [2.45, 2.75) is 63.6 Å². The molecule has 12 heteroatoms. The summed E-state index contributed by atoms with van der Waals surface area (Å²) in [6, 6.07) is 15.5. The average molecular weight is 780 g/mol. The fourth-order valence-corrected chi connectivity index (χ4v) is 8.06. The van der Waals surface area contributed by atoms with Gasteiger partial charge in [0.25, 0.3) is 0 Å². The standard InChI is InChI=1S/C42H52Cl2N4O6/c43-35-13-9-31(10-14-35)5-7-33-17-23-47(24-18-33)39(49)29-45-21-1-3-37(27-45)53-41(51)42(52)54-38-4-2-22-46(28-38)30-40(50)48-25-19-34(20-26-48)8-6-32-11-15-36(44)16-12-32/h5-16,33-34,37-38H,1-4,17-30H2. The number of allylic oxidation sites excluding steroid dienone is 2. The minimum Gasteiger partial charge on any atom is -0.453 e. The number of benzene rings is 2. The highest BCUT2D eigenvalue weighted by Crippen LogP contribution is 2.23. The number of halogens is 2. The first-order chi connectivity index (χ1) is 26.2. The molecule has 0 aliphatic carbocycles. The summed E-state index contributed by atoms with van der Waals surface area (Å²) in [6.07, 6.45) is 14.2. The van der Waals surface area contributed by atoms with Gasteiger partial charge in [0.15, 0.2) is 0 Å². The van der Waals surface area contributed by atoms with Crippen LogP contribution in [0.3, 0.4) is 0 Å². The molecule has 2 amide bonds. The van der Waals surface area contributed by atoms with Crippen LogP contribution in [0.4, 0.5) is 0 Å². The number of hydrogen-bond acceptors (Lipinski definition) is 8. The highest BCUT2D eigenvalue weighted by molar-refractivity contribution is 6.31. The van der Waals surface area contributed by atoms with Crippen molar-refractivity contribution in [1.82, 2.24) is 19.6 Å². The number of carbonyl (C=O) groups excluding carboxylic acids is 4. The van der Waals surface area contributed by atoms with Gasteiger partial charge in [-0.1, -0.05) is 71.8 Å². The summed E-state index contributed by atoms with van der Waals surface area (Å²) in [5.41, 5.74) is 2.22. The highest BCUT2D eigenvalue weighted by Gasteiger charge is 2.33. The van der Waals surface area contributed by atoms with Crippen LogP contribution in [-0.2, 0) is 28.7 Å². The third-order valence-electron chi connectivity index (χ3n) is 11.0. The summed E-state index contributed by atoms with van der Waals surface area (Å²) >= 11 is 12.0. The van der Waals surface area contributed by atoms with Crippen molar-refractivity contribution >= 4 is 59.1 Å². The molecule has 4 aliphatic rings. The molecule has 6 rings (SSSR count). The molecule has 2 unspecified atom stereocenters. The van der Waals surface area contributed by atoms with E-state index in [-0.39, 0.29) is 24.9 Å². The van der Waals surface area contributed by atoms with Gasteiger partial charge in [0.2, 0.25) is 11.8 Å². The van der Waals surface area contributed by atoms with E-state index in [9.17, 15) is 19.2 Å². The lowest BCUT2D eigenvalue weighted by molar-refractivity contribution is -0.177. The number of hydrogen-bond donors (Lipinski definition) is 0. The second-order valence-corrected chi connectivity index (χ2v) is 15.9. The zero-order chi connectivity index (χ0) is 37.9. The summed E-state index contributed by atoms with van der Waals surface area (Å²) in [5.74, 6) is -0.995. The van der Waals surface area contributed by atoms with Crippen LogP contribution >= 0.6 is 23.2 Å². The van der Waals surface area contributed by atoms with Gasteiger partial charge in [0, 0.05) is 49.3 Å². The lowest BCUT2D eigenvalue weighted by Gasteiger charge is -2.36. The lowest BCUT2D eigenvalue weighted by Crippen LogP contribution is -2.49. The molecule has 10 nitrogen and oxygen atoms in total. The Hall–Kier alpha value is -3.70. The van der Waals surface area contributed by atoms with Gasteiger partial charge in [0.1, 0.15) is 12.2 Å². The first-order valence-electron chi connectivity index (χ1n) is 19.5. The monoisotopic (exact) mass is 778 g/mol. The molecule has 0 aromatic heterocycles. The third kappa shape index (κ3) is 12.2. The van der Waals surface area contributed by atoms with Crippen LogP contribution in [0.2, 0.25) is 10.0 Å². The number of carbonyl (C=O) groups is 4. The molecule has 2 aromatic carbocycles. The smallest absolute Gasteiger partial charge is 0.417 e. The molecule has 4 saturated heterocycles. The van der Waals surface area contributed by atoms with Gasteiger partial charge >= 0.3 is 11.9 Å². The molecule has 0 radical (unpaired) electrons. The molecule has 290 valence electrons. The Labute approximate surface area is 329 Å². The van der Waals surface area contributed by atoms with Gasteiger partial charge < -0.3 is 19.3 Å². The van der Waals surface area contributed by atoms with E-state index in [0.717, 1.165) is 72.8 Å². The van der Waals surface area contributed by atoms with Crippen molar-refractivity contribution in [3.8, 4) is 0 Å². The van der Waals surface area contributed by atoms with E-state index in [1.165, 1.54) is 0 Å². The Morgan fingerprint density at radius 2 is 0.926 bits per heavy atom. The molecule has 4 fully saturated rings. The first-order valence-corrected chi connectivity index (χ1v) is 20.2. The van der Waals surface area contributed by atoms with E-state index >= 15 is 0 Å². The summed E-state index contributed by atoms with van der Waals surface area (Å²) < 4.78 is 11.2. The minimum absolute atomic E-state index is 0.0775. The van der Waals surface area contributed by atoms with Crippen LogP contribution in [0.1, 0.15) is 62.5 Å². The Balaban J connectivity index is 0.865. The van der Waals surface area contributed by atoms with Gasteiger partial charge in [-0.2, -0.15) is 0 Å². The van der Waals surface area contributed by atoms with Crippen molar-refractivity contribution in [1.29, 1.82) is 0 Å². The van der Waals surface area contributed by atoms with Crippen molar-refractivity contribution < 1.29 is 28.7 Å². The molecule has 0 saturated carbocycles. The molecule has 54 heavy (non-hydrogen) atoms. The van der Waals surface area contributed by atoms with Gasteiger partial charge in [-0.3, -0.25) is 19.4 Å². The second-order valence-electron chi connectivity index (χ2n) is 15.1. The molecule has 0 N–H and O–H groups in total. The molecular formula is C42H52Cl2N4O6. The number of ether oxygens (including phenoxy) is 2. The molecule has 2 aromatic rings. The maximum Gasteiger partial charge on any atom is 0.417 e. The maximum atomic E-state index is 13.2.